The van der Waals surface area contributed by atoms with Gasteiger partial charge in [0.05, 0.1) is 17.9 Å². The maximum absolute atomic E-state index is 13.2. The van der Waals surface area contributed by atoms with E-state index in [-0.39, 0.29) is 23.7 Å². The number of aryl methyl sites for hydroxylation is 1. The highest BCUT2D eigenvalue weighted by molar-refractivity contribution is 6.04. The largest absolute Gasteiger partial charge is 0.493 e. The molecule has 3 aromatic carbocycles. The second kappa shape index (κ2) is 12.5. The number of ether oxygens (including phenoxy) is 1. The van der Waals surface area contributed by atoms with Crippen LogP contribution in [0.5, 0.6) is 5.75 Å². The van der Waals surface area contributed by atoms with Gasteiger partial charge in [0.1, 0.15) is 17.3 Å². The molecule has 0 aliphatic rings. The first-order valence-corrected chi connectivity index (χ1v) is 13.1. The van der Waals surface area contributed by atoms with E-state index in [4.69, 9.17) is 9.15 Å². The van der Waals surface area contributed by atoms with Crippen LogP contribution in [0.25, 0.3) is 11.5 Å². The molecule has 0 bridgehead atoms. The van der Waals surface area contributed by atoms with Crippen LogP contribution in [-0.2, 0) is 22.9 Å². The normalized spacial score (nSPS) is 13.3. The number of nitrogens with zero attached hydrogens (tertiary/aromatic N) is 1. The van der Waals surface area contributed by atoms with Gasteiger partial charge in [-0.3, -0.25) is 4.79 Å². The molecule has 4 aromatic rings. The van der Waals surface area contributed by atoms with Gasteiger partial charge in [-0.15, -0.1) is 0 Å². The number of benzene rings is 3. The smallest absolute Gasteiger partial charge is 0.416 e. The van der Waals surface area contributed by atoms with Gasteiger partial charge in [-0.1, -0.05) is 24.3 Å². The second-order valence-electron chi connectivity index (χ2n) is 9.97. The lowest BCUT2D eigenvalue weighted by atomic mass is 9.91. The summed E-state index contributed by atoms with van der Waals surface area (Å²) in [5.74, 6) is -0.674. The number of alkyl halides is 3. The molecule has 4 rings (SSSR count). The Morgan fingerprint density at radius 2 is 1.58 bits per heavy atom. The summed E-state index contributed by atoms with van der Waals surface area (Å²) < 4.78 is 63.1. The number of aromatic nitrogens is 1. The van der Waals surface area contributed by atoms with Crippen LogP contribution in [0.4, 0.5) is 17.6 Å². The van der Waals surface area contributed by atoms with Crippen LogP contribution in [0.1, 0.15) is 46.8 Å². The van der Waals surface area contributed by atoms with E-state index >= 15 is 0 Å². The highest BCUT2D eigenvalue weighted by Crippen LogP contribution is 2.30. The molecule has 0 aliphatic heterocycles. The van der Waals surface area contributed by atoms with Crippen molar-refractivity contribution >= 4 is 11.8 Å². The number of hydrogen-bond donors (Lipinski definition) is 2. The summed E-state index contributed by atoms with van der Waals surface area (Å²) in [5, 5.41) is 12.8. The Labute approximate surface area is 244 Å². The molecule has 0 radical (unpaired) electrons. The van der Waals surface area contributed by atoms with Crippen molar-refractivity contribution in [1.29, 1.82) is 0 Å². The molecule has 0 aliphatic carbocycles. The van der Waals surface area contributed by atoms with E-state index in [1.807, 2.05) is 0 Å². The summed E-state index contributed by atoms with van der Waals surface area (Å²) in [4.78, 5) is 29.3. The quantitative estimate of drug-likeness (QED) is 0.108. The van der Waals surface area contributed by atoms with Crippen molar-refractivity contribution in [3.63, 3.8) is 0 Å². The molecule has 1 aromatic heterocycles. The molecule has 224 valence electrons. The molecular formula is C32H28F4N2O5. The summed E-state index contributed by atoms with van der Waals surface area (Å²) >= 11 is 0. The third kappa shape index (κ3) is 7.48. The number of rotatable bonds is 11. The number of hydrogen-bond acceptors (Lipinski definition) is 6. The van der Waals surface area contributed by atoms with Gasteiger partial charge in [-0.05, 0) is 74.9 Å². The van der Waals surface area contributed by atoms with Gasteiger partial charge in [-0.2, -0.15) is 13.2 Å². The molecule has 43 heavy (non-hydrogen) atoms. The van der Waals surface area contributed by atoms with Crippen molar-refractivity contribution in [2.45, 2.75) is 38.9 Å². The first-order valence-electron chi connectivity index (χ1n) is 13.1. The van der Waals surface area contributed by atoms with Gasteiger partial charge in [-0.25, -0.2) is 14.2 Å². The van der Waals surface area contributed by atoms with E-state index in [0.717, 1.165) is 30.3 Å². The Kier molecular flexibility index (Phi) is 9.03. The molecule has 0 saturated heterocycles. The maximum atomic E-state index is 13.2. The lowest BCUT2D eigenvalue weighted by molar-refractivity contribution is -0.144. The van der Waals surface area contributed by atoms with E-state index in [0.29, 0.717) is 40.6 Å². The van der Waals surface area contributed by atoms with Crippen LogP contribution >= 0.6 is 0 Å². The molecule has 7 nitrogen and oxygen atoms in total. The lowest BCUT2D eigenvalue weighted by Crippen LogP contribution is -2.45. The summed E-state index contributed by atoms with van der Waals surface area (Å²) in [7, 11) is 0. The number of halogens is 4. The number of carbonyl (C=O) groups is 2. The molecule has 0 fully saturated rings. The predicted octanol–water partition coefficient (Wildman–Crippen LogP) is 7.11. The molecule has 0 saturated carbocycles. The van der Waals surface area contributed by atoms with Crippen LogP contribution in [0.3, 0.4) is 0 Å². The molecular weight excluding hydrogens is 568 g/mol. The Balaban J connectivity index is 1.39. The van der Waals surface area contributed by atoms with E-state index in [1.54, 1.807) is 43.3 Å². The van der Waals surface area contributed by atoms with Crippen LogP contribution < -0.4 is 10.1 Å². The van der Waals surface area contributed by atoms with Crippen LogP contribution in [0, 0.1) is 12.7 Å². The highest BCUT2D eigenvalue weighted by Gasteiger charge is 2.35. The Hall–Kier alpha value is -4.93. The van der Waals surface area contributed by atoms with Crippen molar-refractivity contribution in [3.8, 4) is 17.2 Å². The Morgan fingerprint density at radius 3 is 2.16 bits per heavy atom. The zero-order chi connectivity index (χ0) is 31.4. The highest BCUT2D eigenvalue weighted by atomic mass is 19.4. The van der Waals surface area contributed by atoms with Crippen molar-refractivity contribution < 1.29 is 41.4 Å². The average Bonchev–Trinajstić information content (AvgIpc) is 3.33. The van der Waals surface area contributed by atoms with Gasteiger partial charge in [0, 0.05) is 29.3 Å². The number of allylic oxidation sites excluding steroid dienone is 2. The average molecular weight is 597 g/mol. The van der Waals surface area contributed by atoms with E-state index in [1.165, 1.54) is 26.0 Å². The fourth-order valence-electron chi connectivity index (χ4n) is 4.31. The number of carboxylic acid groups (broad SMARTS) is 1. The summed E-state index contributed by atoms with van der Waals surface area (Å²) in [5.41, 5.74) is -0.563. The molecule has 1 atom stereocenters. The lowest BCUT2D eigenvalue weighted by Gasteiger charge is -2.28. The van der Waals surface area contributed by atoms with Crippen LogP contribution in [0.15, 0.2) is 89.0 Å². The standard InChI is InChI=1S/C32H28F4N2O5/c1-19(18-28(39)21-4-8-24(9-5-21)32(34,35)36)38-31(3,30(40)41)23-10-14-26(15-11-23)42-17-16-27-20(2)43-29(37-27)22-6-12-25(33)13-7-22/h4-15,18,38H,16-17H2,1-3H3,(H,40,41)/b19-18-. The van der Waals surface area contributed by atoms with Gasteiger partial charge in [0.15, 0.2) is 11.3 Å². The second-order valence-corrected chi connectivity index (χ2v) is 9.97. The predicted molar refractivity (Wildman–Crippen MR) is 150 cm³/mol. The van der Waals surface area contributed by atoms with Crippen molar-refractivity contribution in [3.05, 3.63) is 119 Å². The number of nitrogens with one attached hydrogen (secondary N) is 1. The summed E-state index contributed by atoms with van der Waals surface area (Å²) in [6, 6.07) is 16.0. The zero-order valence-corrected chi connectivity index (χ0v) is 23.5. The summed E-state index contributed by atoms with van der Waals surface area (Å²) in [6.45, 7) is 4.96. The Bertz CT molecular complexity index is 1630. The number of carboxylic acids is 1. The molecule has 1 unspecified atom stereocenters. The molecule has 0 amide bonds. The number of carbonyl (C=O) groups excluding carboxylic acids is 1. The van der Waals surface area contributed by atoms with Gasteiger partial charge in [0.25, 0.3) is 0 Å². The fraction of sp³-hybridized carbons (Fsp3) is 0.219. The van der Waals surface area contributed by atoms with E-state index in [2.05, 4.69) is 10.3 Å². The van der Waals surface area contributed by atoms with Crippen molar-refractivity contribution in [1.82, 2.24) is 10.3 Å². The fourth-order valence-corrected chi connectivity index (χ4v) is 4.31. The van der Waals surface area contributed by atoms with Gasteiger partial charge >= 0.3 is 12.1 Å². The third-order valence-corrected chi connectivity index (χ3v) is 6.74. The van der Waals surface area contributed by atoms with Gasteiger partial charge in [0.2, 0.25) is 5.89 Å². The van der Waals surface area contributed by atoms with Crippen molar-refractivity contribution in [2.24, 2.45) is 0 Å². The number of oxazole rings is 1. The maximum Gasteiger partial charge on any atom is 0.416 e. The minimum atomic E-state index is -4.52. The molecule has 1 heterocycles. The minimum Gasteiger partial charge on any atom is -0.493 e. The Morgan fingerprint density at radius 1 is 0.977 bits per heavy atom. The molecule has 11 heteroatoms. The van der Waals surface area contributed by atoms with Crippen LogP contribution in [-0.4, -0.2) is 28.4 Å². The molecule has 2 N–H and O–H groups in total. The summed E-state index contributed by atoms with van der Waals surface area (Å²) in [6.07, 6.45) is -2.95. The third-order valence-electron chi connectivity index (χ3n) is 6.74. The number of aliphatic carboxylic acids is 1. The number of ketones is 1. The SMILES string of the molecule is C/C(=C/C(=O)c1ccc(C(F)(F)F)cc1)NC(C)(C(=O)O)c1ccc(OCCc2nc(-c3ccc(F)cc3)oc2C)cc1. The van der Waals surface area contributed by atoms with Crippen LogP contribution in [0.2, 0.25) is 0 Å². The molecule has 0 spiro atoms. The minimum absolute atomic E-state index is 0.0279. The van der Waals surface area contributed by atoms with E-state index in [9.17, 15) is 32.3 Å². The zero-order valence-electron chi connectivity index (χ0n) is 23.5. The topological polar surface area (TPSA) is 102 Å². The van der Waals surface area contributed by atoms with Crippen molar-refractivity contribution in [2.75, 3.05) is 6.61 Å². The van der Waals surface area contributed by atoms with Gasteiger partial charge < -0.3 is 19.6 Å². The monoisotopic (exact) mass is 596 g/mol. The first-order chi connectivity index (χ1) is 20.3. The first kappa shape index (κ1) is 31.0. The van der Waals surface area contributed by atoms with E-state index < -0.39 is 29.0 Å².